The summed E-state index contributed by atoms with van der Waals surface area (Å²) >= 11 is 0. The number of hydrogen-bond acceptors (Lipinski definition) is 2. The number of aliphatic hydroxyl groups excluding tert-OH is 1. The molecule has 4 aliphatic rings. The van der Waals surface area contributed by atoms with Gasteiger partial charge >= 0.3 is 0 Å². The highest BCUT2D eigenvalue weighted by molar-refractivity contribution is 5.91. The first-order chi connectivity index (χ1) is 16.5. The molecule has 0 saturated heterocycles. The molecule has 1 N–H and O–H groups in total. The first-order valence-corrected chi connectivity index (χ1v) is 11.9. The van der Waals surface area contributed by atoms with Crippen molar-refractivity contribution in [1.29, 1.82) is 0 Å². The molecule has 0 bridgehead atoms. The van der Waals surface area contributed by atoms with Gasteiger partial charge < -0.3 is 5.11 Å². The molecule has 3 saturated carbocycles. The standard InChI is InChI=1S/C27H44O2/c1-17(2)7-6-8-18(3)21-9-10-22-25-23(12-14-27(21,22)5)26(4)13-11-20(28)15-19(26)16-24(25)29/h15,17-18,21-25,29H,6-14,16H2,1-5H3/t18-,21-,22+,23+,24-,25+,26+,27-/m1/s1/i1D3,2D3,17D. The first-order valence-electron chi connectivity index (χ1n) is 15.4. The van der Waals surface area contributed by atoms with Crippen molar-refractivity contribution in [2.75, 3.05) is 0 Å². The van der Waals surface area contributed by atoms with E-state index in [1.165, 1.54) is 0 Å². The Balaban J connectivity index is 1.47. The van der Waals surface area contributed by atoms with Gasteiger partial charge in [-0.05, 0) is 90.9 Å². The molecule has 0 aromatic heterocycles. The highest BCUT2D eigenvalue weighted by Crippen LogP contribution is 2.67. The molecule has 0 heterocycles. The average molecular weight is 408 g/mol. The molecular formula is C27H44O2. The fraction of sp³-hybridized carbons (Fsp3) is 0.889. The second-order valence-corrected chi connectivity index (χ2v) is 11.2. The van der Waals surface area contributed by atoms with Crippen molar-refractivity contribution >= 4 is 5.78 Å². The minimum Gasteiger partial charge on any atom is -0.392 e. The lowest BCUT2D eigenvalue weighted by Gasteiger charge is -2.60. The summed E-state index contributed by atoms with van der Waals surface area (Å²) in [7, 11) is 0. The van der Waals surface area contributed by atoms with Gasteiger partial charge in [-0.1, -0.05) is 59.3 Å². The van der Waals surface area contributed by atoms with Crippen LogP contribution in [0.5, 0.6) is 0 Å². The molecule has 2 nitrogen and oxygen atoms in total. The molecule has 8 atom stereocenters. The van der Waals surface area contributed by atoms with E-state index in [0.29, 0.717) is 49.4 Å². The summed E-state index contributed by atoms with van der Waals surface area (Å²) in [6.45, 7) is 1.19. The normalized spacial score (nSPS) is 50.2. The maximum absolute atomic E-state index is 12.1. The third kappa shape index (κ3) is 3.56. The van der Waals surface area contributed by atoms with Crippen molar-refractivity contribution in [2.24, 2.45) is 46.3 Å². The molecule has 0 spiro atoms. The second kappa shape index (κ2) is 7.81. The molecule has 0 aromatic carbocycles. The van der Waals surface area contributed by atoms with Gasteiger partial charge in [0.15, 0.2) is 5.78 Å². The zero-order valence-corrected chi connectivity index (χ0v) is 18.5. The van der Waals surface area contributed by atoms with Crippen LogP contribution in [0.3, 0.4) is 0 Å². The second-order valence-electron chi connectivity index (χ2n) is 11.2. The third-order valence-corrected chi connectivity index (χ3v) is 9.83. The van der Waals surface area contributed by atoms with Crippen LogP contribution in [0.1, 0.15) is 108 Å². The fourth-order valence-electron chi connectivity index (χ4n) is 8.30. The van der Waals surface area contributed by atoms with Gasteiger partial charge in [0.05, 0.1) is 6.10 Å². The molecule has 164 valence electrons. The monoisotopic (exact) mass is 407 g/mol. The van der Waals surface area contributed by atoms with E-state index < -0.39 is 25.7 Å². The van der Waals surface area contributed by atoms with Gasteiger partial charge in [-0.3, -0.25) is 4.79 Å². The molecule has 0 unspecified atom stereocenters. The van der Waals surface area contributed by atoms with Gasteiger partial charge in [-0.2, -0.15) is 0 Å². The van der Waals surface area contributed by atoms with E-state index in [2.05, 4.69) is 20.8 Å². The summed E-state index contributed by atoms with van der Waals surface area (Å²) in [4.78, 5) is 12.1. The third-order valence-electron chi connectivity index (χ3n) is 9.83. The van der Waals surface area contributed by atoms with Gasteiger partial charge in [-0.15, -0.1) is 0 Å². The smallest absolute Gasteiger partial charge is 0.155 e. The van der Waals surface area contributed by atoms with E-state index in [0.717, 1.165) is 37.7 Å². The maximum atomic E-state index is 12.1. The summed E-state index contributed by atoms with van der Waals surface area (Å²) in [6, 6.07) is 0. The molecule has 0 aromatic rings. The van der Waals surface area contributed by atoms with Gasteiger partial charge in [0.1, 0.15) is 0 Å². The SMILES string of the molecule is [2H]C([2H])([2H])C([2H])(CCC[C@@H](C)[C@H]1CC[C@H]2[C@@H]3[C@H](O)CC4=CC(=O)CC[C@]4(C)[C@H]3CC[C@]12C)C([2H])([2H])[2H]. The number of aliphatic hydroxyl groups is 1. The van der Waals surface area contributed by atoms with Crippen LogP contribution in [-0.4, -0.2) is 17.0 Å². The van der Waals surface area contributed by atoms with Crippen molar-refractivity contribution in [1.82, 2.24) is 0 Å². The van der Waals surface area contributed by atoms with Gasteiger partial charge in [0, 0.05) is 16.0 Å². The quantitative estimate of drug-likeness (QED) is 0.560. The largest absolute Gasteiger partial charge is 0.392 e. The lowest BCUT2D eigenvalue weighted by Crippen LogP contribution is -2.55. The molecule has 29 heavy (non-hydrogen) atoms. The van der Waals surface area contributed by atoms with Crippen molar-refractivity contribution in [3.63, 3.8) is 0 Å². The molecule has 4 aliphatic carbocycles. The van der Waals surface area contributed by atoms with Crippen molar-refractivity contribution in [3.8, 4) is 0 Å². The van der Waals surface area contributed by atoms with Crippen LogP contribution in [0.15, 0.2) is 11.6 Å². The number of rotatable bonds is 5. The molecule has 0 amide bonds. The highest BCUT2D eigenvalue weighted by atomic mass is 16.3. The number of carbonyl (C=O) groups is 1. The van der Waals surface area contributed by atoms with E-state index >= 15 is 0 Å². The molecule has 0 aliphatic heterocycles. The topological polar surface area (TPSA) is 37.3 Å². The molecule has 0 radical (unpaired) electrons. The summed E-state index contributed by atoms with van der Waals surface area (Å²) in [5, 5.41) is 11.3. The summed E-state index contributed by atoms with van der Waals surface area (Å²) in [5.74, 6) is -0.443. The summed E-state index contributed by atoms with van der Waals surface area (Å²) < 4.78 is 54.4. The number of carbonyl (C=O) groups excluding carboxylic acids is 1. The Labute approximate surface area is 188 Å². The van der Waals surface area contributed by atoms with Crippen LogP contribution >= 0.6 is 0 Å². The summed E-state index contributed by atoms with van der Waals surface area (Å²) in [5.41, 5.74) is 1.25. The van der Waals surface area contributed by atoms with E-state index in [9.17, 15) is 9.90 Å². The number of fused-ring (bicyclic) bond motifs is 5. The van der Waals surface area contributed by atoms with Crippen molar-refractivity contribution < 1.29 is 19.5 Å². The van der Waals surface area contributed by atoms with Crippen LogP contribution in [0, 0.1) is 46.3 Å². The van der Waals surface area contributed by atoms with E-state index in [1.807, 2.05) is 6.08 Å². The molecular weight excluding hydrogens is 356 g/mol. The lowest BCUT2D eigenvalue weighted by molar-refractivity contribution is -0.124. The van der Waals surface area contributed by atoms with Crippen LogP contribution in [-0.2, 0) is 4.79 Å². The van der Waals surface area contributed by atoms with Gasteiger partial charge in [-0.25, -0.2) is 0 Å². The summed E-state index contributed by atoms with van der Waals surface area (Å²) in [6.07, 6.45) is 8.74. The zero-order chi connectivity index (χ0) is 26.9. The van der Waals surface area contributed by atoms with E-state index in [4.69, 9.17) is 9.60 Å². The maximum Gasteiger partial charge on any atom is 0.155 e. The lowest BCUT2D eigenvalue weighted by atomic mass is 9.45. The zero-order valence-electron chi connectivity index (χ0n) is 25.5. The van der Waals surface area contributed by atoms with E-state index in [-0.39, 0.29) is 29.0 Å². The van der Waals surface area contributed by atoms with Crippen LogP contribution < -0.4 is 0 Å². The molecule has 4 rings (SSSR count). The Morgan fingerprint density at radius 2 is 2.00 bits per heavy atom. The Hall–Kier alpha value is -0.630. The van der Waals surface area contributed by atoms with E-state index in [1.54, 1.807) is 0 Å². The Bertz CT molecular complexity index is 880. The van der Waals surface area contributed by atoms with Crippen molar-refractivity contribution in [2.45, 2.75) is 105 Å². The highest BCUT2D eigenvalue weighted by Gasteiger charge is 2.61. The average Bonchev–Trinajstić information content (AvgIpc) is 3.10. The number of hydrogen-bond donors (Lipinski definition) is 1. The fourth-order valence-corrected chi connectivity index (χ4v) is 8.30. The minimum atomic E-state index is -2.85. The Morgan fingerprint density at radius 1 is 1.21 bits per heavy atom. The van der Waals surface area contributed by atoms with Crippen molar-refractivity contribution in [3.05, 3.63) is 11.6 Å². The minimum absolute atomic E-state index is 0.00481. The predicted molar refractivity (Wildman–Crippen MR) is 119 cm³/mol. The Morgan fingerprint density at radius 3 is 2.76 bits per heavy atom. The Kier molecular flexibility index (Phi) is 3.89. The molecule has 2 heteroatoms. The number of ketones is 1. The first kappa shape index (κ1) is 14.4. The van der Waals surface area contributed by atoms with Crippen LogP contribution in [0.2, 0.25) is 0 Å². The van der Waals surface area contributed by atoms with Gasteiger partial charge in [0.2, 0.25) is 0 Å². The van der Waals surface area contributed by atoms with Gasteiger partial charge in [0.25, 0.3) is 0 Å². The molecule has 3 fully saturated rings. The predicted octanol–water partition coefficient (Wildman–Crippen LogP) is 6.57. The van der Waals surface area contributed by atoms with Crippen LogP contribution in [0.4, 0.5) is 0 Å². The van der Waals surface area contributed by atoms with Crippen LogP contribution in [0.25, 0.3) is 0 Å².